The van der Waals surface area contributed by atoms with Crippen molar-refractivity contribution < 1.29 is 9.47 Å². The zero-order chi connectivity index (χ0) is 14.3. The molecule has 1 aromatic rings. The molecule has 0 aliphatic rings. The van der Waals surface area contributed by atoms with Gasteiger partial charge in [0.2, 0.25) is 0 Å². The second-order valence-electron chi connectivity index (χ2n) is 4.15. The van der Waals surface area contributed by atoms with E-state index in [1.807, 2.05) is 25.6 Å². The molecule has 1 N–H and O–H groups in total. The molecule has 1 atom stereocenters. The van der Waals surface area contributed by atoms with Crippen LogP contribution in [0.5, 0.6) is 0 Å². The van der Waals surface area contributed by atoms with E-state index in [0.29, 0.717) is 18.2 Å². The van der Waals surface area contributed by atoms with Crippen molar-refractivity contribution >= 4 is 11.6 Å². The Labute approximate surface area is 120 Å². The van der Waals surface area contributed by atoms with Crippen LogP contribution in [-0.4, -0.2) is 36.3 Å². The fraction of sp³-hybridized carbons (Fsp3) is 0.769. The van der Waals surface area contributed by atoms with Crippen molar-refractivity contribution in [1.82, 2.24) is 15.1 Å². The largest absolute Gasteiger partial charge is 0.351 e. The average molecular weight is 290 g/mol. The third-order valence-electron chi connectivity index (χ3n) is 2.81. The summed E-state index contributed by atoms with van der Waals surface area (Å²) in [6.45, 7) is 8.00. The standard InChI is InChI=1S/C13H24ClN3O2/c1-5-8-17-12(10(14)9-16-17)11(15-4)13(18-6-2)19-7-3/h9,11,13,15H,5-8H2,1-4H3. The van der Waals surface area contributed by atoms with Gasteiger partial charge in [-0.2, -0.15) is 5.10 Å². The van der Waals surface area contributed by atoms with Crippen molar-refractivity contribution in [2.24, 2.45) is 0 Å². The lowest BCUT2D eigenvalue weighted by atomic mass is 10.2. The van der Waals surface area contributed by atoms with E-state index in [1.165, 1.54) is 0 Å². The van der Waals surface area contributed by atoms with Crippen LogP contribution in [-0.2, 0) is 16.0 Å². The lowest BCUT2D eigenvalue weighted by Crippen LogP contribution is -2.36. The Morgan fingerprint density at radius 3 is 2.42 bits per heavy atom. The zero-order valence-electron chi connectivity index (χ0n) is 12.1. The maximum Gasteiger partial charge on any atom is 0.178 e. The highest BCUT2D eigenvalue weighted by atomic mass is 35.5. The summed E-state index contributed by atoms with van der Waals surface area (Å²) >= 11 is 6.26. The predicted octanol–water partition coefficient (Wildman–Crippen LogP) is 2.61. The normalized spacial score (nSPS) is 13.2. The highest BCUT2D eigenvalue weighted by molar-refractivity contribution is 6.31. The molecule has 1 aromatic heterocycles. The fourth-order valence-corrected chi connectivity index (χ4v) is 2.30. The number of hydrogen-bond acceptors (Lipinski definition) is 4. The summed E-state index contributed by atoms with van der Waals surface area (Å²) in [6, 6.07) is -0.138. The molecular weight excluding hydrogens is 266 g/mol. The van der Waals surface area contributed by atoms with Crippen molar-refractivity contribution in [3.63, 3.8) is 0 Å². The number of nitrogens with zero attached hydrogens (tertiary/aromatic N) is 2. The molecule has 5 nitrogen and oxygen atoms in total. The number of ether oxygens (including phenoxy) is 2. The van der Waals surface area contributed by atoms with E-state index in [1.54, 1.807) is 6.20 Å². The zero-order valence-corrected chi connectivity index (χ0v) is 12.9. The summed E-state index contributed by atoms with van der Waals surface area (Å²) in [6.07, 6.45) is 2.30. The summed E-state index contributed by atoms with van der Waals surface area (Å²) in [5.41, 5.74) is 0.915. The minimum absolute atomic E-state index is 0.138. The minimum atomic E-state index is -0.371. The molecule has 0 amide bonds. The Bertz CT molecular complexity index is 365. The van der Waals surface area contributed by atoms with Crippen LogP contribution in [0.15, 0.2) is 6.20 Å². The van der Waals surface area contributed by atoms with Gasteiger partial charge in [0, 0.05) is 19.8 Å². The van der Waals surface area contributed by atoms with Crippen LogP contribution in [0, 0.1) is 0 Å². The molecule has 110 valence electrons. The van der Waals surface area contributed by atoms with Crippen molar-refractivity contribution in [3.05, 3.63) is 16.9 Å². The van der Waals surface area contributed by atoms with Crippen molar-refractivity contribution in [1.29, 1.82) is 0 Å². The van der Waals surface area contributed by atoms with Crippen molar-refractivity contribution in [2.75, 3.05) is 20.3 Å². The summed E-state index contributed by atoms with van der Waals surface area (Å²) in [5, 5.41) is 8.17. The number of halogens is 1. The Kier molecular flexibility index (Phi) is 7.38. The predicted molar refractivity (Wildman–Crippen MR) is 76.4 cm³/mol. The first-order valence-corrected chi connectivity index (χ1v) is 7.18. The molecule has 0 spiro atoms. The van der Waals surface area contributed by atoms with Gasteiger partial charge in [0.05, 0.1) is 16.9 Å². The van der Waals surface area contributed by atoms with Gasteiger partial charge in [0.15, 0.2) is 6.29 Å². The van der Waals surface area contributed by atoms with Crippen LogP contribution in [0.3, 0.4) is 0 Å². The van der Waals surface area contributed by atoms with Crippen LogP contribution in [0.2, 0.25) is 5.02 Å². The number of aryl methyl sites for hydroxylation is 1. The van der Waals surface area contributed by atoms with Gasteiger partial charge < -0.3 is 14.8 Å². The summed E-state index contributed by atoms with van der Waals surface area (Å²) < 4.78 is 13.2. The molecule has 19 heavy (non-hydrogen) atoms. The Morgan fingerprint density at radius 2 is 1.95 bits per heavy atom. The maximum absolute atomic E-state index is 6.26. The third-order valence-corrected chi connectivity index (χ3v) is 3.10. The van der Waals surface area contributed by atoms with Gasteiger partial charge in [-0.1, -0.05) is 18.5 Å². The van der Waals surface area contributed by atoms with E-state index in [-0.39, 0.29) is 12.3 Å². The first-order chi connectivity index (χ1) is 9.19. The number of aromatic nitrogens is 2. The van der Waals surface area contributed by atoms with E-state index in [9.17, 15) is 0 Å². The van der Waals surface area contributed by atoms with Crippen LogP contribution in [0.4, 0.5) is 0 Å². The fourth-order valence-electron chi connectivity index (χ4n) is 2.04. The molecule has 0 aliphatic carbocycles. The topological polar surface area (TPSA) is 48.3 Å². The summed E-state index contributed by atoms with van der Waals surface area (Å²) in [4.78, 5) is 0. The second-order valence-corrected chi connectivity index (χ2v) is 4.55. The quantitative estimate of drug-likeness (QED) is 0.710. The van der Waals surface area contributed by atoms with Crippen LogP contribution >= 0.6 is 11.6 Å². The Hall–Kier alpha value is -0.620. The Balaban J connectivity index is 3.02. The Morgan fingerprint density at radius 1 is 1.32 bits per heavy atom. The highest BCUT2D eigenvalue weighted by Gasteiger charge is 2.28. The van der Waals surface area contributed by atoms with E-state index in [2.05, 4.69) is 17.3 Å². The minimum Gasteiger partial charge on any atom is -0.351 e. The summed E-state index contributed by atoms with van der Waals surface area (Å²) in [5.74, 6) is 0. The number of likely N-dealkylation sites (N-methyl/N-ethyl adjacent to an activating group) is 1. The van der Waals surface area contributed by atoms with E-state index in [0.717, 1.165) is 18.7 Å². The smallest absolute Gasteiger partial charge is 0.178 e. The third kappa shape index (κ3) is 4.18. The van der Waals surface area contributed by atoms with E-state index >= 15 is 0 Å². The number of nitrogens with one attached hydrogen (secondary N) is 1. The van der Waals surface area contributed by atoms with Gasteiger partial charge in [0.25, 0.3) is 0 Å². The molecular formula is C13H24ClN3O2. The lowest BCUT2D eigenvalue weighted by molar-refractivity contribution is -0.155. The molecule has 1 rings (SSSR count). The first-order valence-electron chi connectivity index (χ1n) is 6.81. The van der Waals surface area contributed by atoms with Gasteiger partial charge in [-0.3, -0.25) is 4.68 Å². The van der Waals surface area contributed by atoms with Gasteiger partial charge in [-0.25, -0.2) is 0 Å². The monoisotopic (exact) mass is 289 g/mol. The van der Waals surface area contributed by atoms with Crippen LogP contribution in [0.1, 0.15) is 38.9 Å². The second kappa shape index (κ2) is 8.53. The van der Waals surface area contributed by atoms with Gasteiger partial charge in [0.1, 0.15) is 6.04 Å². The average Bonchev–Trinajstić information content (AvgIpc) is 2.74. The summed E-state index contributed by atoms with van der Waals surface area (Å²) in [7, 11) is 1.87. The SMILES string of the molecule is CCCn1ncc(Cl)c1C(NC)C(OCC)OCC. The molecule has 0 aliphatic heterocycles. The highest BCUT2D eigenvalue weighted by Crippen LogP contribution is 2.27. The van der Waals surface area contributed by atoms with Crippen molar-refractivity contribution in [2.45, 2.75) is 46.1 Å². The van der Waals surface area contributed by atoms with E-state index < -0.39 is 0 Å². The maximum atomic E-state index is 6.26. The molecule has 0 bridgehead atoms. The first kappa shape index (κ1) is 16.4. The van der Waals surface area contributed by atoms with Crippen LogP contribution in [0.25, 0.3) is 0 Å². The number of rotatable bonds is 9. The van der Waals surface area contributed by atoms with Gasteiger partial charge in [-0.15, -0.1) is 0 Å². The molecule has 0 radical (unpaired) electrons. The van der Waals surface area contributed by atoms with Gasteiger partial charge in [-0.05, 0) is 27.3 Å². The molecule has 0 aromatic carbocycles. The molecule has 1 heterocycles. The van der Waals surface area contributed by atoms with Gasteiger partial charge >= 0.3 is 0 Å². The molecule has 0 fully saturated rings. The lowest BCUT2D eigenvalue weighted by Gasteiger charge is -2.27. The van der Waals surface area contributed by atoms with Crippen LogP contribution < -0.4 is 5.32 Å². The molecule has 0 saturated heterocycles. The molecule has 1 unspecified atom stereocenters. The number of hydrogen-bond donors (Lipinski definition) is 1. The van der Waals surface area contributed by atoms with E-state index in [4.69, 9.17) is 21.1 Å². The molecule has 0 saturated carbocycles. The molecule has 6 heteroatoms. The van der Waals surface area contributed by atoms with Crippen molar-refractivity contribution in [3.8, 4) is 0 Å².